The fourth-order valence-electron chi connectivity index (χ4n) is 3.08. The molecule has 1 atom stereocenters. The van der Waals surface area contributed by atoms with Crippen molar-refractivity contribution in [1.29, 1.82) is 0 Å². The Morgan fingerprint density at radius 2 is 1.61 bits per heavy atom. The van der Waals surface area contributed by atoms with Crippen LogP contribution in [0, 0.1) is 0 Å². The second-order valence-electron chi connectivity index (χ2n) is 6.39. The zero-order chi connectivity index (χ0) is 20.1. The van der Waals surface area contributed by atoms with Crippen LogP contribution < -0.4 is 5.32 Å². The maximum absolute atomic E-state index is 13.0. The van der Waals surface area contributed by atoms with E-state index in [1.54, 1.807) is 12.1 Å². The highest BCUT2D eigenvalue weighted by atomic mass is 32.2. The average Bonchev–Trinajstić information content (AvgIpc) is 2.65. The van der Waals surface area contributed by atoms with Crippen LogP contribution in [0.25, 0.3) is 0 Å². The molecule has 1 unspecified atom stereocenters. The van der Waals surface area contributed by atoms with Gasteiger partial charge >= 0.3 is 0 Å². The summed E-state index contributed by atoms with van der Waals surface area (Å²) >= 11 is 0.441. The first-order valence-electron chi connectivity index (χ1n) is 8.69. The van der Waals surface area contributed by atoms with Crippen molar-refractivity contribution in [2.45, 2.75) is 16.7 Å². The van der Waals surface area contributed by atoms with Crippen LogP contribution in [0.4, 0.5) is 14.5 Å². The first-order valence-corrected chi connectivity index (χ1v) is 11.4. The smallest absolute Gasteiger partial charge is 0.288 e. The van der Waals surface area contributed by atoms with Gasteiger partial charge in [-0.25, -0.2) is 8.42 Å². The number of anilines is 1. The van der Waals surface area contributed by atoms with Gasteiger partial charge in [-0.2, -0.15) is 8.78 Å². The van der Waals surface area contributed by atoms with Crippen molar-refractivity contribution < 1.29 is 22.0 Å². The number of hydrogen-bond acceptors (Lipinski definition) is 5. The molecule has 1 fully saturated rings. The molecule has 1 aliphatic rings. The van der Waals surface area contributed by atoms with Crippen LogP contribution in [0.1, 0.15) is 11.6 Å². The number of nitrogens with zero attached hydrogens (tertiary/aromatic N) is 1. The molecule has 9 heteroatoms. The molecule has 5 nitrogen and oxygen atoms in total. The molecule has 0 radical (unpaired) electrons. The van der Waals surface area contributed by atoms with Crippen LogP contribution in [-0.2, 0) is 14.6 Å². The summed E-state index contributed by atoms with van der Waals surface area (Å²) in [6.45, 7) is 0.554. The fourth-order valence-corrected chi connectivity index (χ4v) is 4.81. The summed E-state index contributed by atoms with van der Waals surface area (Å²) in [6, 6.07) is 14.7. The topological polar surface area (TPSA) is 66.5 Å². The zero-order valence-electron chi connectivity index (χ0n) is 14.9. The Balaban J connectivity index is 1.77. The van der Waals surface area contributed by atoms with Crippen LogP contribution >= 0.6 is 11.8 Å². The van der Waals surface area contributed by atoms with Crippen LogP contribution in [0.5, 0.6) is 0 Å². The quantitative estimate of drug-likeness (QED) is 0.717. The number of rotatable bonds is 6. The fraction of sp³-hybridized carbons (Fsp3) is 0.316. The first-order chi connectivity index (χ1) is 13.3. The van der Waals surface area contributed by atoms with Crippen molar-refractivity contribution in [3.05, 3.63) is 60.2 Å². The van der Waals surface area contributed by atoms with E-state index in [0.29, 0.717) is 22.3 Å². The predicted octanol–water partition coefficient (Wildman–Crippen LogP) is 3.41. The van der Waals surface area contributed by atoms with Gasteiger partial charge in [0.15, 0.2) is 9.84 Å². The molecule has 0 aromatic heterocycles. The van der Waals surface area contributed by atoms with Gasteiger partial charge in [0.2, 0.25) is 5.91 Å². The molecule has 3 rings (SSSR count). The minimum Gasteiger partial charge on any atom is -0.324 e. The normalized spacial score (nSPS) is 18.0. The molecule has 1 heterocycles. The van der Waals surface area contributed by atoms with Crippen LogP contribution in [0.3, 0.4) is 0 Å². The zero-order valence-corrected chi connectivity index (χ0v) is 16.6. The molecule has 2 aromatic rings. The van der Waals surface area contributed by atoms with Crippen molar-refractivity contribution in [2.24, 2.45) is 0 Å². The Kier molecular flexibility index (Phi) is 6.69. The summed E-state index contributed by atoms with van der Waals surface area (Å²) in [5, 5.41) is 2.81. The number of nitrogens with one attached hydrogen (secondary N) is 1. The number of sulfone groups is 1. The number of amides is 1. The Labute approximate surface area is 167 Å². The number of thioether (sulfide) groups is 1. The molecule has 2 aromatic carbocycles. The van der Waals surface area contributed by atoms with E-state index in [9.17, 15) is 22.0 Å². The van der Waals surface area contributed by atoms with Crippen LogP contribution in [0.2, 0.25) is 0 Å². The van der Waals surface area contributed by atoms with Gasteiger partial charge in [0.1, 0.15) is 6.04 Å². The monoisotopic (exact) mass is 426 g/mol. The van der Waals surface area contributed by atoms with Crippen molar-refractivity contribution >= 4 is 33.2 Å². The lowest BCUT2D eigenvalue weighted by molar-refractivity contribution is -0.121. The third kappa shape index (κ3) is 5.52. The SMILES string of the molecule is O=C(Nc1ccc(SC(F)F)cc1)C(c1ccccc1)N1CCS(=O)(=O)CC1. The molecule has 150 valence electrons. The molecule has 1 aliphatic heterocycles. The third-order valence-electron chi connectivity index (χ3n) is 4.45. The van der Waals surface area contributed by atoms with Crippen LogP contribution in [0.15, 0.2) is 59.5 Å². The van der Waals surface area contributed by atoms with Gasteiger partial charge in [0.05, 0.1) is 11.5 Å². The van der Waals surface area contributed by atoms with E-state index in [-0.39, 0.29) is 30.5 Å². The Hall–Kier alpha value is -1.97. The van der Waals surface area contributed by atoms with Crippen LogP contribution in [-0.4, -0.2) is 49.6 Å². The number of carbonyl (C=O) groups is 1. The van der Waals surface area contributed by atoms with Gasteiger partial charge in [0, 0.05) is 23.7 Å². The molecule has 1 N–H and O–H groups in total. The highest BCUT2D eigenvalue weighted by Crippen LogP contribution is 2.28. The van der Waals surface area contributed by atoms with Gasteiger partial charge < -0.3 is 5.32 Å². The second-order valence-corrected chi connectivity index (χ2v) is 9.76. The van der Waals surface area contributed by atoms with Crippen molar-refractivity contribution in [2.75, 3.05) is 29.9 Å². The number of hydrogen-bond donors (Lipinski definition) is 1. The van der Waals surface area contributed by atoms with Gasteiger partial charge in [-0.15, -0.1) is 0 Å². The molecule has 28 heavy (non-hydrogen) atoms. The summed E-state index contributed by atoms with van der Waals surface area (Å²) in [6.07, 6.45) is 0. The van der Waals surface area contributed by atoms with E-state index < -0.39 is 21.6 Å². The standard InChI is InChI=1S/C19H20F2N2O3S2/c20-19(21)27-16-8-6-15(7-9-16)22-18(24)17(14-4-2-1-3-5-14)23-10-12-28(25,26)13-11-23/h1-9,17,19H,10-13H2,(H,22,24). The molecule has 1 amide bonds. The average molecular weight is 427 g/mol. The molecular formula is C19H20F2N2O3S2. The van der Waals surface area contributed by atoms with Crippen molar-refractivity contribution in [3.8, 4) is 0 Å². The lowest BCUT2D eigenvalue weighted by atomic mass is 10.0. The highest BCUT2D eigenvalue weighted by Gasteiger charge is 2.32. The number of carbonyl (C=O) groups excluding carboxylic acids is 1. The number of alkyl halides is 2. The predicted molar refractivity (Wildman–Crippen MR) is 106 cm³/mol. The lowest BCUT2D eigenvalue weighted by Crippen LogP contribution is -2.46. The molecule has 1 saturated heterocycles. The lowest BCUT2D eigenvalue weighted by Gasteiger charge is -2.33. The Morgan fingerprint density at radius 1 is 1.00 bits per heavy atom. The second kappa shape index (κ2) is 9.02. The molecule has 0 aliphatic carbocycles. The van der Waals surface area contributed by atoms with Crippen molar-refractivity contribution in [1.82, 2.24) is 4.90 Å². The van der Waals surface area contributed by atoms with E-state index >= 15 is 0 Å². The minimum atomic E-state index is -3.07. The van der Waals surface area contributed by atoms with Gasteiger partial charge in [-0.1, -0.05) is 42.1 Å². The van der Waals surface area contributed by atoms with Gasteiger partial charge in [-0.05, 0) is 29.8 Å². The van der Waals surface area contributed by atoms with Gasteiger partial charge in [-0.3, -0.25) is 9.69 Å². The maximum Gasteiger partial charge on any atom is 0.288 e. The molecule has 0 saturated carbocycles. The largest absolute Gasteiger partial charge is 0.324 e. The van der Waals surface area contributed by atoms with E-state index in [1.807, 2.05) is 35.2 Å². The Bertz CT molecular complexity index is 893. The summed E-state index contributed by atoms with van der Waals surface area (Å²) in [5.41, 5.74) is 1.26. The maximum atomic E-state index is 13.0. The van der Waals surface area contributed by atoms with E-state index in [0.717, 1.165) is 5.56 Å². The number of benzene rings is 2. The first kappa shape index (κ1) is 20.8. The van der Waals surface area contributed by atoms with E-state index in [1.165, 1.54) is 12.1 Å². The molecule has 0 spiro atoms. The molecule has 0 bridgehead atoms. The summed E-state index contributed by atoms with van der Waals surface area (Å²) in [4.78, 5) is 15.3. The number of halogens is 2. The summed E-state index contributed by atoms with van der Waals surface area (Å²) < 4.78 is 48.3. The molecular weight excluding hydrogens is 406 g/mol. The van der Waals surface area contributed by atoms with Crippen molar-refractivity contribution in [3.63, 3.8) is 0 Å². The summed E-state index contributed by atoms with van der Waals surface area (Å²) in [5.74, 6) is -2.76. The Morgan fingerprint density at radius 3 is 2.18 bits per heavy atom. The van der Waals surface area contributed by atoms with E-state index in [2.05, 4.69) is 5.32 Å². The minimum absolute atomic E-state index is 0.0170. The van der Waals surface area contributed by atoms with E-state index in [4.69, 9.17) is 0 Å². The van der Waals surface area contributed by atoms with Gasteiger partial charge in [0.25, 0.3) is 5.76 Å². The summed E-state index contributed by atoms with van der Waals surface area (Å²) in [7, 11) is -3.07. The third-order valence-corrected chi connectivity index (χ3v) is 6.79. The highest BCUT2D eigenvalue weighted by molar-refractivity contribution is 7.99.